The first-order valence-corrected chi connectivity index (χ1v) is 20.1. The Balaban J connectivity index is 0.000000178. The third-order valence-corrected chi connectivity index (χ3v) is 13.8. The molecule has 2 aromatic rings. The number of piperidine rings is 2. The Kier molecular flexibility index (Phi) is 12.5. The van der Waals surface area contributed by atoms with Gasteiger partial charge in [0, 0.05) is 51.4 Å². The van der Waals surface area contributed by atoms with E-state index in [1.165, 1.54) is 12.1 Å². The van der Waals surface area contributed by atoms with Gasteiger partial charge in [-0.15, -0.1) is 0 Å². The van der Waals surface area contributed by atoms with Crippen LogP contribution in [0, 0.1) is 22.5 Å². The average molecular weight is 778 g/mol. The van der Waals surface area contributed by atoms with Crippen LogP contribution in [0.4, 0.5) is 20.2 Å². The lowest BCUT2D eigenvalue weighted by Crippen LogP contribution is -2.50. The van der Waals surface area contributed by atoms with Crippen LogP contribution < -0.4 is 9.80 Å². The van der Waals surface area contributed by atoms with E-state index < -0.39 is 11.6 Å². The number of amides is 2. The van der Waals surface area contributed by atoms with Crippen molar-refractivity contribution in [2.75, 3.05) is 49.1 Å². The van der Waals surface area contributed by atoms with E-state index in [-0.39, 0.29) is 64.4 Å². The fourth-order valence-corrected chi connectivity index (χ4v) is 10.5. The zero-order valence-electron chi connectivity index (χ0n) is 29.9. The van der Waals surface area contributed by atoms with Crippen LogP contribution in [0.1, 0.15) is 97.3 Å². The van der Waals surface area contributed by atoms with E-state index in [1.54, 1.807) is 12.1 Å². The molecule has 2 N–H and O–H groups in total. The molecule has 4 aliphatic heterocycles. The van der Waals surface area contributed by atoms with Crippen molar-refractivity contribution >= 4 is 46.4 Å². The lowest BCUT2D eigenvalue weighted by molar-refractivity contribution is -0.140. The van der Waals surface area contributed by atoms with Crippen LogP contribution in [0.3, 0.4) is 0 Å². The Morgan fingerprint density at radius 2 is 0.962 bits per heavy atom. The number of carbonyl (C=O) groups excluding carboxylic acids is 2. The van der Waals surface area contributed by atoms with Gasteiger partial charge >= 0.3 is 0 Å². The van der Waals surface area contributed by atoms with Crippen LogP contribution in [-0.4, -0.2) is 95.4 Å². The van der Waals surface area contributed by atoms with Crippen molar-refractivity contribution in [2.24, 2.45) is 10.8 Å². The van der Waals surface area contributed by atoms with Crippen LogP contribution >= 0.6 is 23.2 Å². The van der Waals surface area contributed by atoms with Gasteiger partial charge in [-0.1, -0.05) is 42.8 Å². The third-order valence-electron chi connectivity index (χ3n) is 13.0. The third kappa shape index (κ3) is 8.03. The number of aliphatic hydroxyl groups is 2. The lowest BCUT2D eigenvalue weighted by atomic mass is 9.78. The van der Waals surface area contributed by atoms with Gasteiger partial charge in [-0.05, 0) is 114 Å². The molecule has 292 valence electrons. The van der Waals surface area contributed by atoms with E-state index in [0.717, 1.165) is 116 Å². The molecule has 6 aliphatic rings. The maximum Gasteiger partial charge on any atom is 0.230 e. The molecule has 0 unspecified atom stereocenters. The van der Waals surface area contributed by atoms with E-state index in [1.807, 2.05) is 12.1 Å². The number of aliphatic hydroxyl groups excluding tert-OH is 2. The predicted octanol–water partition coefficient (Wildman–Crippen LogP) is 7.84. The molecule has 2 aromatic carbocycles. The van der Waals surface area contributed by atoms with Crippen molar-refractivity contribution in [1.82, 2.24) is 9.80 Å². The van der Waals surface area contributed by atoms with Crippen LogP contribution in [-0.2, 0) is 9.59 Å². The Morgan fingerprint density at radius 3 is 1.34 bits per heavy atom. The van der Waals surface area contributed by atoms with Crippen molar-refractivity contribution < 1.29 is 28.6 Å². The maximum absolute atomic E-state index is 13.9. The van der Waals surface area contributed by atoms with Gasteiger partial charge in [-0.3, -0.25) is 9.59 Å². The summed E-state index contributed by atoms with van der Waals surface area (Å²) in [6.45, 7) is 4.41. The van der Waals surface area contributed by atoms with Gasteiger partial charge in [0.1, 0.15) is 11.6 Å². The average Bonchev–Trinajstić information content (AvgIpc) is 3.62. The van der Waals surface area contributed by atoms with E-state index in [0.29, 0.717) is 24.5 Å². The number of hydrogen-bond acceptors (Lipinski definition) is 6. The molecule has 4 heterocycles. The lowest BCUT2D eigenvalue weighted by Gasteiger charge is -2.41. The van der Waals surface area contributed by atoms with Crippen LogP contribution in [0.15, 0.2) is 36.4 Å². The zero-order valence-corrected chi connectivity index (χ0v) is 31.4. The first-order valence-electron chi connectivity index (χ1n) is 19.4. The summed E-state index contributed by atoms with van der Waals surface area (Å²) in [5.74, 6) is -0.333. The maximum atomic E-state index is 13.9. The van der Waals surface area contributed by atoms with E-state index in [9.17, 15) is 28.6 Å². The van der Waals surface area contributed by atoms with Crippen molar-refractivity contribution in [3.05, 3.63) is 58.1 Å². The monoisotopic (exact) mass is 776 g/mol. The Bertz CT molecular complexity index is 1500. The minimum atomic E-state index is -0.413. The van der Waals surface area contributed by atoms with Gasteiger partial charge in [-0.2, -0.15) is 0 Å². The number of likely N-dealkylation sites (tertiary alicyclic amines) is 2. The quantitative estimate of drug-likeness (QED) is 0.329. The highest BCUT2D eigenvalue weighted by molar-refractivity contribution is 6.33. The molecule has 2 aliphatic carbocycles. The molecule has 0 radical (unpaired) electrons. The standard InChI is InChI=1S/2C20H26ClFN2O2.CH4/c2*21-18-16(22)3-1-4-17(18)23-11-2-9-20(13-23)10-12-24(19(20)26)14-5-7-15(25)8-6-14;/h2*1,3-4,14-15,25H,2,5-13H2;1H4/t2*14?,15?,20-;/m00./s1. The number of rotatable bonds is 4. The highest BCUT2D eigenvalue weighted by Gasteiger charge is 2.52. The van der Waals surface area contributed by atoms with Crippen LogP contribution in [0.2, 0.25) is 10.0 Å². The van der Waals surface area contributed by atoms with Crippen LogP contribution in [0.5, 0.6) is 0 Å². The Labute approximate surface area is 323 Å². The summed E-state index contributed by atoms with van der Waals surface area (Å²) in [6, 6.07) is 10.3. The fraction of sp³-hybridized carbons (Fsp3) is 0.659. The number of halogens is 4. The van der Waals surface area contributed by atoms with E-state index >= 15 is 0 Å². The largest absolute Gasteiger partial charge is 0.393 e. The molecule has 2 spiro atoms. The molecule has 8 nitrogen and oxygen atoms in total. The number of nitrogens with zero attached hydrogens (tertiary/aromatic N) is 4. The molecule has 6 fully saturated rings. The highest BCUT2D eigenvalue weighted by Crippen LogP contribution is 2.46. The van der Waals surface area contributed by atoms with Crippen LogP contribution in [0.25, 0.3) is 0 Å². The first-order chi connectivity index (χ1) is 25.0. The van der Waals surface area contributed by atoms with Gasteiger partial charge in [0.15, 0.2) is 0 Å². The molecule has 53 heavy (non-hydrogen) atoms. The zero-order chi connectivity index (χ0) is 36.6. The topological polar surface area (TPSA) is 87.6 Å². The summed E-state index contributed by atoms with van der Waals surface area (Å²) >= 11 is 12.4. The van der Waals surface area contributed by atoms with Crippen molar-refractivity contribution in [3.63, 3.8) is 0 Å². The second-order valence-electron chi connectivity index (χ2n) is 16.2. The molecule has 8 rings (SSSR count). The molecular formula is C41H56Cl2F2N4O4. The van der Waals surface area contributed by atoms with Gasteiger partial charge in [0.25, 0.3) is 0 Å². The summed E-state index contributed by atoms with van der Waals surface area (Å²) in [5, 5.41) is 19.8. The normalized spacial score (nSPS) is 31.9. The summed E-state index contributed by atoms with van der Waals surface area (Å²) in [5.41, 5.74) is 0.643. The number of anilines is 2. The number of benzene rings is 2. The minimum Gasteiger partial charge on any atom is -0.393 e. The van der Waals surface area contributed by atoms with Gasteiger partial charge in [0.05, 0.1) is 44.5 Å². The highest BCUT2D eigenvalue weighted by atomic mass is 35.5. The minimum absolute atomic E-state index is 0. The summed E-state index contributed by atoms with van der Waals surface area (Å²) in [7, 11) is 0. The van der Waals surface area contributed by atoms with Gasteiger partial charge in [-0.25, -0.2) is 8.78 Å². The predicted molar refractivity (Wildman–Crippen MR) is 206 cm³/mol. The van der Waals surface area contributed by atoms with E-state index in [4.69, 9.17) is 23.2 Å². The van der Waals surface area contributed by atoms with Crippen molar-refractivity contribution in [3.8, 4) is 0 Å². The first kappa shape index (κ1) is 40.0. The molecular weight excluding hydrogens is 721 g/mol. The van der Waals surface area contributed by atoms with Gasteiger partial charge in [0.2, 0.25) is 11.8 Å². The molecule has 2 atom stereocenters. The summed E-state index contributed by atoms with van der Waals surface area (Å²) in [4.78, 5) is 34.9. The van der Waals surface area contributed by atoms with Crippen molar-refractivity contribution in [2.45, 2.75) is 122 Å². The van der Waals surface area contributed by atoms with Gasteiger partial charge < -0.3 is 29.8 Å². The Hall–Kier alpha value is -2.66. The molecule has 12 heteroatoms. The van der Waals surface area contributed by atoms with E-state index in [2.05, 4.69) is 19.6 Å². The molecule has 2 saturated carbocycles. The molecule has 2 amide bonds. The molecule has 4 saturated heterocycles. The fourth-order valence-electron chi connectivity index (χ4n) is 10.0. The summed E-state index contributed by atoms with van der Waals surface area (Å²) < 4.78 is 27.7. The second kappa shape index (κ2) is 16.6. The Morgan fingerprint density at radius 1 is 0.585 bits per heavy atom. The molecule has 0 bridgehead atoms. The number of carbonyl (C=O) groups is 2. The number of hydrogen-bond donors (Lipinski definition) is 2. The second-order valence-corrected chi connectivity index (χ2v) is 16.9. The van der Waals surface area contributed by atoms with Crippen molar-refractivity contribution in [1.29, 1.82) is 0 Å². The molecule has 0 aromatic heterocycles. The smallest absolute Gasteiger partial charge is 0.230 e. The SMILES string of the molecule is C.O=C1N(C2CCC(O)CC2)CC[C@]12CCCN(c1cccc(F)c1Cl)C2.O=C1N(C2CCC(O)CC2)CC[C@]12CCCN(c1cccc(F)c1Cl)C2. The summed E-state index contributed by atoms with van der Waals surface area (Å²) in [6.07, 6.45) is 11.6.